The molecular formula is C13H12N2O2S. The quantitative estimate of drug-likeness (QED) is 0.832. The molecule has 1 aromatic carbocycles. The Labute approximate surface area is 109 Å². The Hall–Kier alpha value is -2.01. The fourth-order valence-corrected chi connectivity index (χ4v) is 1.82. The van der Waals surface area contributed by atoms with Gasteiger partial charge in [-0.2, -0.15) is 0 Å². The Balaban J connectivity index is 2.49. The van der Waals surface area contributed by atoms with Gasteiger partial charge in [0.25, 0.3) is 0 Å². The summed E-state index contributed by atoms with van der Waals surface area (Å²) in [7, 11) is 0. The summed E-state index contributed by atoms with van der Waals surface area (Å²) < 4.78 is 0.265. The van der Waals surface area contributed by atoms with Crippen LogP contribution in [0.5, 0.6) is 0 Å². The number of hydrogen-bond acceptors (Lipinski definition) is 3. The maximum Gasteiger partial charge on any atom is 0.352 e. The summed E-state index contributed by atoms with van der Waals surface area (Å²) in [6, 6.07) is 9.11. The van der Waals surface area contributed by atoms with Crippen LogP contribution in [0.4, 0.5) is 0 Å². The van der Waals surface area contributed by atoms with Crippen LogP contribution in [0, 0.1) is 4.64 Å². The van der Waals surface area contributed by atoms with Gasteiger partial charge in [0.15, 0.2) is 0 Å². The Morgan fingerprint density at radius 1 is 1.39 bits per heavy atom. The molecule has 1 heterocycles. The molecule has 0 spiro atoms. The average molecular weight is 260 g/mol. The monoisotopic (exact) mass is 260 g/mol. The van der Waals surface area contributed by atoms with Crippen molar-refractivity contribution >= 4 is 18.2 Å². The first-order chi connectivity index (χ1) is 8.60. The number of rotatable bonds is 3. The standard InChI is InChI=1S/C13H12N2O2S/c1-2-8-3-5-9(6-4-8)12-14-10(13(16)17)7-11(18)15-12/h3-7H,2H2,1H3,(H,16,17)(H,14,15,18). The molecule has 0 bridgehead atoms. The van der Waals surface area contributed by atoms with Crippen LogP contribution in [0.1, 0.15) is 23.0 Å². The number of aromatic amines is 1. The highest BCUT2D eigenvalue weighted by molar-refractivity contribution is 7.71. The highest BCUT2D eigenvalue weighted by atomic mass is 32.1. The van der Waals surface area contributed by atoms with Crippen molar-refractivity contribution in [3.63, 3.8) is 0 Å². The highest BCUT2D eigenvalue weighted by Crippen LogP contribution is 2.16. The normalized spacial score (nSPS) is 10.3. The smallest absolute Gasteiger partial charge is 0.352 e. The van der Waals surface area contributed by atoms with Gasteiger partial charge in [-0.3, -0.25) is 0 Å². The topological polar surface area (TPSA) is 66.0 Å². The summed E-state index contributed by atoms with van der Waals surface area (Å²) in [4.78, 5) is 17.8. The second-order valence-corrected chi connectivity index (χ2v) is 4.26. The summed E-state index contributed by atoms with van der Waals surface area (Å²) >= 11 is 4.96. The number of nitrogens with zero attached hydrogens (tertiary/aromatic N) is 1. The van der Waals surface area contributed by atoms with Crippen LogP contribution in [0.25, 0.3) is 11.4 Å². The van der Waals surface area contributed by atoms with Gasteiger partial charge in [0.1, 0.15) is 16.2 Å². The molecule has 4 nitrogen and oxygen atoms in total. The highest BCUT2D eigenvalue weighted by Gasteiger charge is 2.07. The number of benzene rings is 1. The Bertz CT molecular complexity index is 632. The minimum Gasteiger partial charge on any atom is -0.477 e. The second kappa shape index (κ2) is 5.10. The minimum absolute atomic E-state index is 0.0459. The number of aryl methyl sites for hydroxylation is 1. The molecule has 0 amide bonds. The first kappa shape index (κ1) is 12.4. The van der Waals surface area contributed by atoms with Crippen LogP contribution in [-0.2, 0) is 6.42 Å². The zero-order valence-electron chi connectivity index (χ0n) is 9.80. The SMILES string of the molecule is CCc1ccc(-c2nc(=S)cc(C(=O)O)[nH]2)cc1. The molecule has 5 heteroatoms. The van der Waals surface area contributed by atoms with Crippen molar-refractivity contribution in [2.75, 3.05) is 0 Å². The van der Waals surface area contributed by atoms with Gasteiger partial charge in [0, 0.05) is 11.6 Å². The molecule has 0 radical (unpaired) electrons. The van der Waals surface area contributed by atoms with Gasteiger partial charge >= 0.3 is 5.97 Å². The molecule has 0 aliphatic rings. The predicted molar refractivity (Wildman–Crippen MR) is 71.2 cm³/mol. The van der Waals surface area contributed by atoms with Crippen LogP contribution >= 0.6 is 12.2 Å². The summed E-state index contributed by atoms with van der Waals surface area (Å²) in [6.07, 6.45) is 0.957. The number of carbonyl (C=O) groups is 1. The van der Waals surface area contributed by atoms with Gasteiger partial charge < -0.3 is 10.1 Å². The van der Waals surface area contributed by atoms with E-state index in [1.54, 1.807) is 0 Å². The van der Waals surface area contributed by atoms with Gasteiger partial charge in [-0.05, 0) is 12.0 Å². The Morgan fingerprint density at radius 2 is 2.06 bits per heavy atom. The molecule has 0 aliphatic heterocycles. The molecule has 2 rings (SSSR count). The van der Waals surface area contributed by atoms with Crippen molar-refractivity contribution in [1.82, 2.24) is 9.97 Å². The lowest BCUT2D eigenvalue weighted by molar-refractivity contribution is 0.0690. The van der Waals surface area contributed by atoms with Crippen LogP contribution in [0.15, 0.2) is 30.3 Å². The van der Waals surface area contributed by atoms with Crippen molar-refractivity contribution in [3.8, 4) is 11.4 Å². The molecule has 0 atom stereocenters. The van der Waals surface area contributed by atoms with Crippen LogP contribution in [0.3, 0.4) is 0 Å². The van der Waals surface area contributed by atoms with E-state index in [0.29, 0.717) is 5.82 Å². The third kappa shape index (κ3) is 2.62. The van der Waals surface area contributed by atoms with Crippen molar-refractivity contribution in [2.24, 2.45) is 0 Å². The van der Waals surface area contributed by atoms with Gasteiger partial charge in [-0.1, -0.05) is 43.4 Å². The van der Waals surface area contributed by atoms with Crippen molar-refractivity contribution in [2.45, 2.75) is 13.3 Å². The van der Waals surface area contributed by atoms with Gasteiger partial charge in [0.05, 0.1) is 0 Å². The summed E-state index contributed by atoms with van der Waals surface area (Å²) in [6.45, 7) is 2.08. The molecule has 1 aromatic heterocycles. The van der Waals surface area contributed by atoms with E-state index in [1.165, 1.54) is 11.6 Å². The number of hydrogen-bond donors (Lipinski definition) is 2. The lowest BCUT2D eigenvalue weighted by atomic mass is 10.1. The number of carboxylic acids is 1. The first-order valence-corrected chi connectivity index (χ1v) is 5.95. The van der Waals surface area contributed by atoms with Gasteiger partial charge in [0.2, 0.25) is 0 Å². The summed E-state index contributed by atoms with van der Waals surface area (Å²) in [5.41, 5.74) is 2.08. The predicted octanol–water partition coefficient (Wildman–Crippen LogP) is 3.07. The minimum atomic E-state index is -1.05. The van der Waals surface area contributed by atoms with Gasteiger partial charge in [-0.15, -0.1) is 0 Å². The molecule has 0 fully saturated rings. The van der Waals surface area contributed by atoms with E-state index >= 15 is 0 Å². The summed E-state index contributed by atoms with van der Waals surface area (Å²) in [5, 5.41) is 8.96. The summed E-state index contributed by atoms with van der Waals surface area (Å²) in [5.74, 6) is -0.572. The molecule has 2 N–H and O–H groups in total. The Kier molecular flexibility index (Phi) is 3.53. The largest absolute Gasteiger partial charge is 0.477 e. The third-order valence-electron chi connectivity index (χ3n) is 2.61. The number of nitrogens with one attached hydrogen (secondary N) is 1. The van der Waals surface area contributed by atoms with E-state index in [0.717, 1.165) is 12.0 Å². The van der Waals surface area contributed by atoms with E-state index in [9.17, 15) is 4.79 Å². The van der Waals surface area contributed by atoms with Crippen LogP contribution in [0.2, 0.25) is 0 Å². The number of H-pyrrole nitrogens is 1. The molecule has 0 unspecified atom stereocenters. The van der Waals surface area contributed by atoms with Gasteiger partial charge in [-0.25, -0.2) is 9.78 Å². The lowest BCUT2D eigenvalue weighted by Crippen LogP contribution is -2.03. The third-order valence-corrected chi connectivity index (χ3v) is 2.82. The zero-order chi connectivity index (χ0) is 13.1. The van der Waals surface area contributed by atoms with E-state index in [2.05, 4.69) is 16.9 Å². The molecule has 92 valence electrons. The van der Waals surface area contributed by atoms with Crippen LogP contribution < -0.4 is 0 Å². The average Bonchev–Trinajstić information content (AvgIpc) is 2.38. The molecule has 0 aliphatic carbocycles. The Morgan fingerprint density at radius 3 is 2.61 bits per heavy atom. The van der Waals surface area contributed by atoms with Crippen molar-refractivity contribution < 1.29 is 9.90 Å². The molecular weight excluding hydrogens is 248 g/mol. The maximum absolute atomic E-state index is 10.9. The second-order valence-electron chi connectivity index (χ2n) is 3.84. The maximum atomic E-state index is 10.9. The fourth-order valence-electron chi connectivity index (χ4n) is 1.61. The molecule has 2 aromatic rings. The van der Waals surface area contributed by atoms with E-state index in [-0.39, 0.29) is 10.3 Å². The van der Waals surface area contributed by atoms with E-state index in [4.69, 9.17) is 17.3 Å². The lowest BCUT2D eigenvalue weighted by Gasteiger charge is -2.04. The van der Waals surface area contributed by atoms with Crippen molar-refractivity contribution in [1.29, 1.82) is 0 Å². The van der Waals surface area contributed by atoms with Crippen molar-refractivity contribution in [3.05, 3.63) is 46.2 Å². The van der Waals surface area contributed by atoms with E-state index in [1.807, 2.05) is 24.3 Å². The molecule has 18 heavy (non-hydrogen) atoms. The molecule has 0 saturated carbocycles. The zero-order valence-corrected chi connectivity index (χ0v) is 10.6. The van der Waals surface area contributed by atoms with E-state index < -0.39 is 5.97 Å². The fraction of sp³-hybridized carbons (Fsp3) is 0.154. The molecule has 0 saturated heterocycles. The number of aromatic nitrogens is 2. The van der Waals surface area contributed by atoms with Crippen LogP contribution in [-0.4, -0.2) is 21.0 Å². The number of aromatic carboxylic acids is 1. The first-order valence-electron chi connectivity index (χ1n) is 5.54. The number of carboxylic acid groups (broad SMARTS) is 1.